The molecule has 1 aliphatic carbocycles. The van der Waals surface area contributed by atoms with E-state index in [2.05, 4.69) is 66.7 Å². The number of nitrogens with zero attached hydrogens (tertiary/aromatic N) is 3. The van der Waals surface area contributed by atoms with Crippen molar-refractivity contribution in [3.05, 3.63) is 46.1 Å². The normalized spacial score (nSPS) is 33.2. The largest absolute Gasteiger partial charge is 0.628 e. The summed E-state index contributed by atoms with van der Waals surface area (Å²) in [6, 6.07) is 9.62. The van der Waals surface area contributed by atoms with Crippen molar-refractivity contribution in [2.75, 3.05) is 25.2 Å². The molecule has 244 valence electrons. The van der Waals surface area contributed by atoms with Crippen molar-refractivity contribution >= 4 is 5.69 Å². The van der Waals surface area contributed by atoms with E-state index in [1.165, 1.54) is 5.56 Å². The van der Waals surface area contributed by atoms with Gasteiger partial charge >= 0.3 is 0 Å². The lowest BCUT2D eigenvalue weighted by Gasteiger charge is -2.46. The van der Waals surface area contributed by atoms with E-state index in [1.807, 2.05) is 19.9 Å². The molecule has 3 heterocycles. The molecule has 3 aliphatic heterocycles. The maximum atomic E-state index is 12.7. The van der Waals surface area contributed by atoms with E-state index in [1.54, 1.807) is 4.90 Å². The molecule has 5 rings (SSSR count). The molecule has 44 heavy (non-hydrogen) atoms. The quantitative estimate of drug-likeness (QED) is 0.175. The van der Waals surface area contributed by atoms with Gasteiger partial charge in [0.1, 0.15) is 37.4 Å². The van der Waals surface area contributed by atoms with Crippen molar-refractivity contribution in [3.63, 3.8) is 0 Å². The van der Waals surface area contributed by atoms with Crippen LogP contribution in [0.2, 0.25) is 0 Å². The van der Waals surface area contributed by atoms with E-state index in [4.69, 9.17) is 10.5 Å². The SMILES string of the molecule is Cc1ccc(C(C)(C)C#N)cc1NC(C)CCC1CC(N(C[C@H]2O[C@@H](N3C[NH+]([O-])C4=C(N)NCNC43)[C@H](O)[C@@H]2O)C(C)C)C1. The number of hydrogen-bond donors (Lipinski definition) is 7. The van der Waals surface area contributed by atoms with Crippen LogP contribution in [0.15, 0.2) is 29.7 Å². The number of nitrogens with one attached hydrogen (secondary N) is 4. The average Bonchev–Trinajstić information content (AvgIpc) is 3.43. The first-order valence-corrected chi connectivity index (χ1v) is 16.1. The predicted octanol–water partition coefficient (Wildman–Crippen LogP) is 0.573. The lowest BCUT2D eigenvalue weighted by atomic mass is 9.75. The minimum atomic E-state index is -1.13. The van der Waals surface area contributed by atoms with Gasteiger partial charge in [-0.3, -0.25) is 10.2 Å². The zero-order valence-corrected chi connectivity index (χ0v) is 27.0. The summed E-state index contributed by atoms with van der Waals surface area (Å²) < 4.78 is 6.29. The van der Waals surface area contributed by atoms with E-state index in [0.717, 1.165) is 36.9 Å². The van der Waals surface area contributed by atoms with Crippen LogP contribution in [-0.2, 0) is 10.2 Å². The van der Waals surface area contributed by atoms with Crippen LogP contribution in [-0.4, -0.2) is 88.7 Å². The third kappa shape index (κ3) is 6.57. The lowest BCUT2D eigenvalue weighted by Crippen LogP contribution is -3.05. The van der Waals surface area contributed by atoms with Gasteiger partial charge in [0.25, 0.3) is 0 Å². The number of benzene rings is 1. The summed E-state index contributed by atoms with van der Waals surface area (Å²) in [7, 11) is 0. The van der Waals surface area contributed by atoms with Gasteiger partial charge in [0.15, 0.2) is 11.5 Å². The number of hydroxylamine groups is 2. The van der Waals surface area contributed by atoms with Crippen molar-refractivity contribution in [2.24, 2.45) is 11.7 Å². The van der Waals surface area contributed by atoms with Crippen LogP contribution in [0.5, 0.6) is 0 Å². The number of hydrogen-bond acceptors (Lipinski definition) is 11. The molecule has 0 spiro atoms. The molecule has 2 saturated heterocycles. The van der Waals surface area contributed by atoms with Crippen molar-refractivity contribution in [2.45, 2.75) is 121 Å². The number of aliphatic hydroxyl groups is 2. The second-order valence-electron chi connectivity index (χ2n) is 14.1. The van der Waals surface area contributed by atoms with Gasteiger partial charge in [-0.15, -0.1) is 0 Å². The van der Waals surface area contributed by atoms with Crippen LogP contribution in [0, 0.1) is 29.4 Å². The Balaban J connectivity index is 1.12. The van der Waals surface area contributed by atoms with Crippen LogP contribution in [0.4, 0.5) is 5.69 Å². The molecule has 1 saturated carbocycles. The zero-order chi connectivity index (χ0) is 31.9. The molecule has 1 aromatic carbocycles. The van der Waals surface area contributed by atoms with Gasteiger partial charge in [0.2, 0.25) is 0 Å². The van der Waals surface area contributed by atoms with E-state index >= 15 is 0 Å². The Labute approximate surface area is 261 Å². The fourth-order valence-electron chi connectivity index (χ4n) is 7.16. The van der Waals surface area contributed by atoms with Crippen molar-refractivity contribution < 1.29 is 20.0 Å². The summed E-state index contributed by atoms with van der Waals surface area (Å²) in [6.45, 7) is 13.5. The standard InChI is InChI=1S/C32H52N8O4/c1-18(2)38(14-25-27(41)28(42)31(44-25)39-17-40(43)26-29(34)35-16-36-30(26)39)23-11-21(12-23)9-8-20(4)37-24-13-22(10-7-19(24)3)32(5,6)15-33/h7,10,13,18,20-21,23,25,27-28,30-31,35-37,40-42H,8-9,11-12,14,16-17,34H2,1-6H3/t20?,21?,23?,25-,27-,28-,30?,31-/m1/s1. The van der Waals surface area contributed by atoms with Gasteiger partial charge in [-0.05, 0) is 90.3 Å². The maximum Gasteiger partial charge on any atom is 0.181 e. The van der Waals surface area contributed by atoms with Gasteiger partial charge in [-0.2, -0.15) is 5.26 Å². The second kappa shape index (κ2) is 13.1. The molecule has 8 N–H and O–H groups in total. The number of ether oxygens (including phenoxy) is 1. The highest BCUT2D eigenvalue weighted by molar-refractivity contribution is 5.55. The topological polar surface area (TPSA) is 170 Å². The molecule has 12 heteroatoms. The molecule has 3 fully saturated rings. The average molecular weight is 613 g/mol. The summed E-state index contributed by atoms with van der Waals surface area (Å²) in [5.41, 5.74) is 9.27. The van der Waals surface area contributed by atoms with Crippen LogP contribution in [0.3, 0.4) is 0 Å². The molecule has 0 bridgehead atoms. The highest BCUT2D eigenvalue weighted by Crippen LogP contribution is 2.38. The molecule has 0 aromatic heterocycles. The number of aliphatic hydroxyl groups excluding tert-OH is 2. The minimum Gasteiger partial charge on any atom is -0.628 e. The highest BCUT2D eigenvalue weighted by atomic mass is 16.6. The van der Waals surface area contributed by atoms with Crippen LogP contribution in [0.1, 0.15) is 71.4 Å². The van der Waals surface area contributed by atoms with Gasteiger partial charge in [-0.25, -0.2) is 4.90 Å². The Hall–Kier alpha value is -2.47. The van der Waals surface area contributed by atoms with E-state index in [9.17, 15) is 20.7 Å². The van der Waals surface area contributed by atoms with Gasteiger partial charge in [0.05, 0.1) is 18.2 Å². The fourth-order valence-corrected chi connectivity index (χ4v) is 7.16. The predicted molar refractivity (Wildman–Crippen MR) is 168 cm³/mol. The first-order valence-electron chi connectivity index (χ1n) is 16.1. The van der Waals surface area contributed by atoms with Crippen LogP contribution in [0.25, 0.3) is 0 Å². The smallest absolute Gasteiger partial charge is 0.181 e. The van der Waals surface area contributed by atoms with Crippen molar-refractivity contribution in [1.29, 1.82) is 5.26 Å². The number of fused-ring (bicyclic) bond motifs is 1. The minimum absolute atomic E-state index is 0.0743. The Morgan fingerprint density at radius 2 is 2.00 bits per heavy atom. The summed E-state index contributed by atoms with van der Waals surface area (Å²) in [4.78, 5) is 4.17. The number of nitriles is 1. The number of anilines is 1. The Kier molecular flexibility index (Phi) is 9.80. The summed E-state index contributed by atoms with van der Waals surface area (Å²) in [5, 5.41) is 54.0. The molecule has 0 radical (unpaired) electrons. The number of rotatable bonds is 11. The monoisotopic (exact) mass is 612 g/mol. The van der Waals surface area contributed by atoms with Gasteiger partial charge < -0.3 is 41.6 Å². The third-order valence-corrected chi connectivity index (χ3v) is 10.1. The summed E-state index contributed by atoms with van der Waals surface area (Å²) >= 11 is 0. The van der Waals surface area contributed by atoms with Gasteiger partial charge in [0, 0.05) is 30.4 Å². The zero-order valence-electron chi connectivity index (χ0n) is 27.0. The van der Waals surface area contributed by atoms with E-state index in [-0.39, 0.29) is 17.8 Å². The van der Waals surface area contributed by atoms with Crippen LogP contribution < -0.4 is 26.7 Å². The Morgan fingerprint density at radius 3 is 2.68 bits per heavy atom. The summed E-state index contributed by atoms with van der Waals surface area (Å²) in [5.74, 6) is 0.992. The van der Waals surface area contributed by atoms with Crippen LogP contribution >= 0.6 is 0 Å². The Bertz CT molecular complexity index is 1250. The fraction of sp³-hybridized carbons (Fsp3) is 0.719. The summed E-state index contributed by atoms with van der Waals surface area (Å²) in [6.07, 6.45) is 0.396. The molecule has 7 atom stereocenters. The van der Waals surface area contributed by atoms with Crippen molar-refractivity contribution in [1.82, 2.24) is 20.4 Å². The number of nitrogens with two attached hydrogens (primary N) is 1. The number of quaternary nitrogens is 1. The van der Waals surface area contributed by atoms with Gasteiger partial charge in [-0.1, -0.05) is 12.1 Å². The molecule has 12 nitrogen and oxygen atoms in total. The lowest BCUT2D eigenvalue weighted by molar-refractivity contribution is -0.804. The molecule has 4 aliphatic rings. The molecule has 1 aromatic rings. The van der Waals surface area contributed by atoms with Crippen molar-refractivity contribution in [3.8, 4) is 6.07 Å². The van der Waals surface area contributed by atoms with E-state index < -0.39 is 36.1 Å². The number of aryl methyl sites for hydroxylation is 1. The molecular weight excluding hydrogens is 560 g/mol. The maximum absolute atomic E-state index is 12.7. The molecular formula is C32H52N8O4. The first-order chi connectivity index (χ1) is 20.8. The third-order valence-electron chi connectivity index (χ3n) is 10.1. The first kappa shape index (κ1) is 32.9. The molecule has 3 unspecified atom stereocenters. The molecule has 0 amide bonds. The Morgan fingerprint density at radius 1 is 1.27 bits per heavy atom. The second-order valence-corrected chi connectivity index (χ2v) is 14.1. The highest BCUT2D eigenvalue weighted by Gasteiger charge is 2.53. The van der Waals surface area contributed by atoms with E-state index in [0.29, 0.717) is 42.7 Å².